The Morgan fingerprint density at radius 1 is 1.36 bits per heavy atom. The fourth-order valence-electron chi connectivity index (χ4n) is 1.18. The summed E-state index contributed by atoms with van der Waals surface area (Å²) in [5.41, 5.74) is 7.57. The third kappa shape index (κ3) is 3.36. The Morgan fingerprint density at radius 2 is 2.07 bits per heavy atom. The smallest absolute Gasteiger partial charge is 0.0784 e. The molecule has 0 amide bonds. The molecule has 0 spiro atoms. The van der Waals surface area contributed by atoms with Crippen LogP contribution in [0.15, 0.2) is 24.3 Å². The molecule has 0 aliphatic rings. The van der Waals surface area contributed by atoms with E-state index in [0.29, 0.717) is 13.2 Å². The predicted molar refractivity (Wildman–Crippen MR) is 57.0 cm³/mol. The van der Waals surface area contributed by atoms with Crippen molar-refractivity contribution < 1.29 is 9.47 Å². The first-order valence-electron chi connectivity index (χ1n) is 4.68. The van der Waals surface area contributed by atoms with E-state index in [2.05, 4.69) is 0 Å². The molecule has 3 heteroatoms. The minimum absolute atomic E-state index is 0.0969. The number of ether oxygens (including phenoxy) is 2. The van der Waals surface area contributed by atoms with Crippen LogP contribution in [-0.2, 0) is 16.1 Å². The van der Waals surface area contributed by atoms with E-state index in [1.807, 2.05) is 31.2 Å². The van der Waals surface area contributed by atoms with Gasteiger partial charge in [-0.15, -0.1) is 0 Å². The maximum atomic E-state index is 5.77. The minimum Gasteiger partial charge on any atom is -0.398 e. The highest BCUT2D eigenvalue weighted by molar-refractivity contribution is 5.45. The van der Waals surface area contributed by atoms with Crippen LogP contribution in [0.1, 0.15) is 12.5 Å². The Labute approximate surface area is 84.8 Å². The van der Waals surface area contributed by atoms with Gasteiger partial charge in [0.25, 0.3) is 0 Å². The van der Waals surface area contributed by atoms with Crippen LogP contribution in [0.5, 0.6) is 0 Å². The molecule has 0 fully saturated rings. The maximum Gasteiger partial charge on any atom is 0.0784 e. The lowest BCUT2D eigenvalue weighted by Crippen LogP contribution is -2.14. The zero-order valence-electron chi connectivity index (χ0n) is 8.69. The Bertz CT molecular complexity index is 276. The van der Waals surface area contributed by atoms with Crippen LogP contribution in [-0.4, -0.2) is 19.8 Å². The lowest BCUT2D eigenvalue weighted by molar-refractivity contribution is 0.0000902. The van der Waals surface area contributed by atoms with Crippen LogP contribution >= 0.6 is 0 Å². The van der Waals surface area contributed by atoms with Gasteiger partial charge in [0.1, 0.15) is 0 Å². The molecule has 0 aliphatic heterocycles. The summed E-state index contributed by atoms with van der Waals surface area (Å²) in [6.45, 7) is 3.12. The number of anilines is 1. The SMILES string of the molecule is COCC(C)OCc1ccccc1N. The first-order chi connectivity index (χ1) is 6.74. The second-order valence-electron chi connectivity index (χ2n) is 3.28. The van der Waals surface area contributed by atoms with Crippen molar-refractivity contribution in [3.8, 4) is 0 Å². The molecule has 3 nitrogen and oxygen atoms in total. The average Bonchev–Trinajstić information content (AvgIpc) is 2.17. The third-order valence-corrected chi connectivity index (χ3v) is 1.98. The molecule has 78 valence electrons. The van der Waals surface area contributed by atoms with Crippen LogP contribution in [0.25, 0.3) is 0 Å². The zero-order valence-corrected chi connectivity index (χ0v) is 8.69. The van der Waals surface area contributed by atoms with Gasteiger partial charge >= 0.3 is 0 Å². The minimum atomic E-state index is 0.0969. The molecule has 14 heavy (non-hydrogen) atoms. The van der Waals surface area contributed by atoms with Crippen molar-refractivity contribution in [3.63, 3.8) is 0 Å². The Morgan fingerprint density at radius 3 is 2.71 bits per heavy atom. The molecule has 0 radical (unpaired) electrons. The highest BCUT2D eigenvalue weighted by Crippen LogP contribution is 2.12. The quantitative estimate of drug-likeness (QED) is 0.729. The number of rotatable bonds is 5. The largest absolute Gasteiger partial charge is 0.398 e. The van der Waals surface area contributed by atoms with Crippen molar-refractivity contribution in [2.45, 2.75) is 19.6 Å². The summed E-state index contributed by atoms with van der Waals surface area (Å²) in [5.74, 6) is 0. The maximum absolute atomic E-state index is 5.77. The summed E-state index contributed by atoms with van der Waals surface area (Å²) in [6, 6.07) is 7.71. The van der Waals surface area contributed by atoms with E-state index >= 15 is 0 Å². The molecule has 1 rings (SSSR count). The molecular weight excluding hydrogens is 178 g/mol. The van der Waals surface area contributed by atoms with E-state index in [1.54, 1.807) is 7.11 Å². The molecule has 1 unspecified atom stereocenters. The number of methoxy groups -OCH3 is 1. The highest BCUT2D eigenvalue weighted by atomic mass is 16.5. The van der Waals surface area contributed by atoms with Crippen LogP contribution in [0.2, 0.25) is 0 Å². The lowest BCUT2D eigenvalue weighted by Gasteiger charge is -2.12. The molecule has 0 aromatic heterocycles. The van der Waals surface area contributed by atoms with Crippen molar-refractivity contribution >= 4 is 5.69 Å². The van der Waals surface area contributed by atoms with Crippen molar-refractivity contribution in [2.24, 2.45) is 0 Å². The van der Waals surface area contributed by atoms with Gasteiger partial charge in [-0.3, -0.25) is 0 Å². The fraction of sp³-hybridized carbons (Fsp3) is 0.455. The molecule has 0 heterocycles. The van der Waals surface area contributed by atoms with Crippen molar-refractivity contribution in [2.75, 3.05) is 19.5 Å². The van der Waals surface area contributed by atoms with Gasteiger partial charge in [-0.05, 0) is 13.0 Å². The summed E-state index contributed by atoms with van der Waals surface area (Å²) >= 11 is 0. The van der Waals surface area contributed by atoms with Gasteiger partial charge in [-0.25, -0.2) is 0 Å². The molecule has 1 atom stereocenters. The molecule has 0 saturated heterocycles. The number of hydrogen-bond donors (Lipinski definition) is 1. The Kier molecular flexibility index (Phi) is 4.43. The topological polar surface area (TPSA) is 44.5 Å². The van der Waals surface area contributed by atoms with Crippen LogP contribution < -0.4 is 5.73 Å². The van der Waals surface area contributed by atoms with Gasteiger partial charge in [0, 0.05) is 18.4 Å². The average molecular weight is 195 g/mol. The van der Waals surface area contributed by atoms with Crippen molar-refractivity contribution in [1.82, 2.24) is 0 Å². The fourth-order valence-corrected chi connectivity index (χ4v) is 1.18. The zero-order chi connectivity index (χ0) is 10.4. The second kappa shape index (κ2) is 5.62. The number of nitrogen functional groups attached to an aromatic ring is 1. The first-order valence-corrected chi connectivity index (χ1v) is 4.68. The van der Waals surface area contributed by atoms with Gasteiger partial charge in [-0.2, -0.15) is 0 Å². The summed E-state index contributed by atoms with van der Waals surface area (Å²) in [4.78, 5) is 0. The van der Waals surface area contributed by atoms with Gasteiger partial charge < -0.3 is 15.2 Å². The second-order valence-corrected chi connectivity index (χ2v) is 3.28. The van der Waals surface area contributed by atoms with Crippen LogP contribution in [0.3, 0.4) is 0 Å². The van der Waals surface area contributed by atoms with Gasteiger partial charge in [0.05, 0.1) is 19.3 Å². The summed E-state index contributed by atoms with van der Waals surface area (Å²) in [5, 5.41) is 0. The first kappa shape index (κ1) is 11.0. The summed E-state index contributed by atoms with van der Waals surface area (Å²) in [6.07, 6.45) is 0.0969. The van der Waals surface area contributed by atoms with Gasteiger partial charge in [-0.1, -0.05) is 18.2 Å². The number of nitrogens with two attached hydrogens (primary N) is 1. The van der Waals surface area contributed by atoms with Gasteiger partial charge in [0.2, 0.25) is 0 Å². The summed E-state index contributed by atoms with van der Waals surface area (Å²) < 4.78 is 10.5. The van der Waals surface area contributed by atoms with E-state index in [-0.39, 0.29) is 6.10 Å². The molecule has 2 N–H and O–H groups in total. The molecule has 0 saturated carbocycles. The predicted octanol–water partition coefficient (Wildman–Crippen LogP) is 1.82. The van der Waals surface area contributed by atoms with E-state index < -0.39 is 0 Å². The number of hydrogen-bond acceptors (Lipinski definition) is 3. The monoisotopic (exact) mass is 195 g/mol. The van der Waals surface area contributed by atoms with Gasteiger partial charge in [0.15, 0.2) is 0 Å². The van der Waals surface area contributed by atoms with Crippen LogP contribution in [0, 0.1) is 0 Å². The molecule has 1 aromatic carbocycles. The van der Waals surface area contributed by atoms with E-state index in [4.69, 9.17) is 15.2 Å². The third-order valence-electron chi connectivity index (χ3n) is 1.98. The van der Waals surface area contributed by atoms with E-state index in [1.165, 1.54) is 0 Å². The number of para-hydroxylation sites is 1. The molecule has 0 bridgehead atoms. The summed E-state index contributed by atoms with van der Waals surface area (Å²) in [7, 11) is 1.66. The Balaban J connectivity index is 2.41. The van der Waals surface area contributed by atoms with E-state index in [9.17, 15) is 0 Å². The normalized spacial score (nSPS) is 12.7. The van der Waals surface area contributed by atoms with Crippen LogP contribution in [0.4, 0.5) is 5.69 Å². The molecule has 1 aromatic rings. The van der Waals surface area contributed by atoms with E-state index in [0.717, 1.165) is 11.3 Å². The standard InChI is InChI=1S/C11H17NO2/c1-9(7-13-2)14-8-10-5-3-4-6-11(10)12/h3-6,9H,7-8,12H2,1-2H3. The molecular formula is C11H17NO2. The Hall–Kier alpha value is -1.06. The highest BCUT2D eigenvalue weighted by Gasteiger charge is 2.03. The molecule has 0 aliphatic carbocycles. The lowest BCUT2D eigenvalue weighted by atomic mass is 10.2. The van der Waals surface area contributed by atoms with Crippen molar-refractivity contribution in [3.05, 3.63) is 29.8 Å². The number of benzene rings is 1. The van der Waals surface area contributed by atoms with Crippen molar-refractivity contribution in [1.29, 1.82) is 0 Å².